The Morgan fingerprint density at radius 3 is 2.30 bits per heavy atom. The number of benzene rings is 3. The van der Waals surface area contributed by atoms with Gasteiger partial charge in [-0.2, -0.15) is 0 Å². The molecule has 0 aliphatic carbocycles. The second kappa shape index (κ2) is 9.66. The Balaban J connectivity index is 0.00000306. The number of halogens is 1. The molecule has 4 aromatic rings. The van der Waals surface area contributed by atoms with Crippen molar-refractivity contribution >= 4 is 38.0 Å². The minimum Gasteiger partial charge on any atom is -0.744 e. The molecule has 0 fully saturated rings. The Hall–Kier alpha value is -2.69. The zero-order chi connectivity index (χ0) is 23.0. The molecule has 0 saturated heterocycles. The van der Waals surface area contributed by atoms with Gasteiger partial charge in [0.15, 0.2) is 0 Å². The minimum absolute atomic E-state index is 0. The fourth-order valence-corrected chi connectivity index (χ4v) is 4.24. The summed E-state index contributed by atoms with van der Waals surface area (Å²) in [5, 5.41) is 8.84. The maximum atomic E-state index is 13.4. The summed E-state index contributed by atoms with van der Waals surface area (Å²) < 4.78 is 48.7. The quantitative estimate of drug-likeness (QED) is 0.212. The fourth-order valence-electron chi connectivity index (χ4n) is 3.54. The molecule has 3 aromatic carbocycles. The van der Waals surface area contributed by atoms with E-state index in [2.05, 4.69) is 15.2 Å². The predicted molar refractivity (Wildman–Crippen MR) is 120 cm³/mol. The van der Waals surface area contributed by atoms with Gasteiger partial charge in [-0.3, -0.25) is 4.98 Å². The molecule has 0 aliphatic rings. The first-order chi connectivity index (χ1) is 15.1. The number of pyridine rings is 1. The van der Waals surface area contributed by atoms with Gasteiger partial charge in [-0.25, -0.2) is 12.8 Å². The van der Waals surface area contributed by atoms with E-state index in [1.165, 1.54) is 24.4 Å². The first-order valence-corrected chi connectivity index (χ1v) is 11.0. The maximum absolute atomic E-state index is 13.4. The molecule has 0 spiro atoms. The number of anilines is 1. The van der Waals surface area contributed by atoms with Gasteiger partial charge in [-0.1, -0.05) is 24.3 Å². The molecule has 0 bridgehead atoms. The first kappa shape index (κ1) is 24.9. The first-order valence-electron chi connectivity index (χ1n) is 9.57. The topological polar surface area (TPSA) is 121 Å². The summed E-state index contributed by atoms with van der Waals surface area (Å²) >= 11 is 0. The molecule has 0 radical (unpaired) electrons. The molecule has 0 amide bonds. The van der Waals surface area contributed by atoms with Crippen LogP contribution in [0.15, 0.2) is 75.9 Å². The van der Waals surface area contributed by atoms with Gasteiger partial charge in [0.2, 0.25) is 0 Å². The second-order valence-corrected chi connectivity index (χ2v) is 8.67. The number of rotatable bonds is 4. The molecule has 0 unspecified atom stereocenters. The molecular weight excluding hydrogens is 454 g/mol. The van der Waals surface area contributed by atoms with Crippen molar-refractivity contribution in [2.45, 2.75) is 18.7 Å². The number of aromatic nitrogens is 1. The molecule has 33 heavy (non-hydrogen) atoms. The Kier molecular flexibility index (Phi) is 7.30. The second-order valence-electron chi connectivity index (χ2n) is 7.33. The van der Waals surface area contributed by atoms with Gasteiger partial charge in [0.1, 0.15) is 27.3 Å². The van der Waals surface area contributed by atoms with Crippen molar-refractivity contribution in [1.29, 1.82) is 0 Å². The monoisotopic (exact) mass is 472 g/mol. The maximum Gasteiger partial charge on any atom is 1.00 e. The van der Waals surface area contributed by atoms with E-state index in [0.717, 1.165) is 22.8 Å². The SMILES string of the molecule is Cc1cc(F)ccc1-c1ncc(N=Nc2cc(S(=O)(=O)[O-])c3ccccc3c2N)cc1C.[Na+]. The fraction of sp³-hybridized carbons (Fsp3) is 0.0870. The Bertz CT molecular complexity index is 1510. The number of hydrogen-bond donors (Lipinski definition) is 1. The van der Waals surface area contributed by atoms with Gasteiger partial charge in [-0.05, 0) is 55.3 Å². The molecule has 7 nitrogen and oxygen atoms in total. The summed E-state index contributed by atoms with van der Waals surface area (Å²) in [5.41, 5.74) is 9.88. The van der Waals surface area contributed by atoms with Crippen LogP contribution in [0, 0.1) is 19.7 Å². The zero-order valence-electron chi connectivity index (χ0n) is 18.2. The Labute approximate surface area is 212 Å². The summed E-state index contributed by atoms with van der Waals surface area (Å²) in [6.07, 6.45) is 1.50. The van der Waals surface area contributed by atoms with Crippen LogP contribution < -0.4 is 35.3 Å². The van der Waals surface area contributed by atoms with E-state index >= 15 is 0 Å². The predicted octanol–water partition coefficient (Wildman–Crippen LogP) is 2.56. The van der Waals surface area contributed by atoms with Crippen LogP contribution in [0.3, 0.4) is 0 Å². The van der Waals surface area contributed by atoms with E-state index in [-0.39, 0.29) is 52.1 Å². The molecule has 0 saturated carbocycles. The van der Waals surface area contributed by atoms with E-state index < -0.39 is 15.0 Å². The van der Waals surface area contributed by atoms with Gasteiger partial charge in [0.05, 0.1) is 22.5 Å². The number of hydrogen-bond acceptors (Lipinski definition) is 7. The van der Waals surface area contributed by atoms with Crippen molar-refractivity contribution in [2.75, 3.05) is 5.73 Å². The minimum atomic E-state index is -4.75. The third-order valence-corrected chi connectivity index (χ3v) is 5.95. The molecule has 0 atom stereocenters. The number of nitrogens with two attached hydrogens (primary N) is 1. The van der Waals surface area contributed by atoms with Crippen LogP contribution in [0.4, 0.5) is 21.5 Å². The summed E-state index contributed by atoms with van der Waals surface area (Å²) in [7, 11) is -4.75. The third kappa shape index (κ3) is 5.13. The summed E-state index contributed by atoms with van der Waals surface area (Å²) in [6.45, 7) is 3.65. The van der Waals surface area contributed by atoms with Gasteiger partial charge < -0.3 is 10.3 Å². The number of nitrogen functional groups attached to an aromatic ring is 1. The molecule has 1 aromatic heterocycles. The number of fused-ring (bicyclic) bond motifs is 1. The van der Waals surface area contributed by atoms with Gasteiger partial charge in [-0.15, -0.1) is 10.2 Å². The van der Waals surface area contributed by atoms with Gasteiger partial charge >= 0.3 is 29.6 Å². The standard InChI is InChI=1S/C23H19FN4O3S.Na/c1-13-9-15(24)7-8-17(13)23-14(2)10-16(12-26-23)27-28-20-11-21(32(29,30)31)18-5-3-4-6-19(18)22(20)25;/h3-12H,25H2,1-2H3,(H,29,30,31);/q;+1/p-1. The van der Waals surface area contributed by atoms with E-state index in [0.29, 0.717) is 16.8 Å². The molecule has 1 heterocycles. The summed E-state index contributed by atoms with van der Waals surface area (Å²) in [5.74, 6) is -0.318. The van der Waals surface area contributed by atoms with E-state index in [4.69, 9.17) is 5.73 Å². The Morgan fingerprint density at radius 2 is 1.67 bits per heavy atom. The molecule has 10 heteroatoms. The molecule has 0 aliphatic heterocycles. The normalized spacial score (nSPS) is 11.6. The van der Waals surface area contributed by atoms with Crippen molar-refractivity contribution in [2.24, 2.45) is 10.2 Å². The van der Waals surface area contributed by atoms with Crippen LogP contribution in [0.25, 0.3) is 22.0 Å². The number of nitrogens with zero attached hydrogens (tertiary/aromatic N) is 3. The van der Waals surface area contributed by atoms with Crippen LogP contribution in [0.5, 0.6) is 0 Å². The smallest absolute Gasteiger partial charge is 0.744 e. The molecule has 4 rings (SSSR count). The van der Waals surface area contributed by atoms with E-state index in [9.17, 15) is 17.4 Å². The summed E-state index contributed by atoms with van der Waals surface area (Å²) in [6, 6.07) is 13.8. The van der Waals surface area contributed by atoms with Gasteiger partial charge in [0.25, 0.3) is 0 Å². The number of azo groups is 1. The van der Waals surface area contributed by atoms with Crippen molar-refractivity contribution in [3.05, 3.63) is 77.7 Å². The van der Waals surface area contributed by atoms with Crippen LogP contribution in [0.2, 0.25) is 0 Å². The largest absolute Gasteiger partial charge is 1.00 e. The Morgan fingerprint density at radius 1 is 0.970 bits per heavy atom. The third-order valence-electron chi connectivity index (χ3n) is 5.08. The van der Waals surface area contributed by atoms with Crippen molar-refractivity contribution in [3.8, 4) is 11.3 Å². The van der Waals surface area contributed by atoms with Crippen LogP contribution in [0.1, 0.15) is 11.1 Å². The summed E-state index contributed by atoms with van der Waals surface area (Å²) in [4.78, 5) is 4.02. The van der Waals surface area contributed by atoms with Crippen molar-refractivity contribution < 1.29 is 46.9 Å². The van der Waals surface area contributed by atoms with Crippen molar-refractivity contribution in [3.63, 3.8) is 0 Å². The van der Waals surface area contributed by atoms with Crippen molar-refractivity contribution in [1.82, 2.24) is 4.98 Å². The average Bonchev–Trinajstić information content (AvgIpc) is 2.73. The van der Waals surface area contributed by atoms with Gasteiger partial charge in [0, 0.05) is 16.3 Å². The van der Waals surface area contributed by atoms with E-state index in [1.54, 1.807) is 37.3 Å². The van der Waals surface area contributed by atoms with Crippen LogP contribution in [-0.2, 0) is 10.1 Å². The van der Waals surface area contributed by atoms with Crippen LogP contribution >= 0.6 is 0 Å². The van der Waals surface area contributed by atoms with E-state index in [1.807, 2.05) is 6.92 Å². The average molecular weight is 472 g/mol. The molecular formula is C23H18FN4NaO3S. The zero-order valence-corrected chi connectivity index (χ0v) is 21.0. The molecule has 2 N–H and O–H groups in total. The number of aryl methyl sites for hydroxylation is 2. The van der Waals surface area contributed by atoms with Crippen LogP contribution in [-0.4, -0.2) is 18.0 Å². The molecule has 162 valence electrons.